The minimum absolute atomic E-state index is 0.133. The van der Waals surface area contributed by atoms with Gasteiger partial charge in [-0.25, -0.2) is 0 Å². The Hall–Kier alpha value is -2.71. The number of carbonyl (C=O) groups is 1. The minimum atomic E-state index is -3.66. The second kappa shape index (κ2) is 7.89. The summed E-state index contributed by atoms with van der Waals surface area (Å²) < 4.78 is 28.0. The third-order valence-corrected chi connectivity index (χ3v) is 5.44. The average molecular weight is 386 g/mol. The minimum Gasteiger partial charge on any atom is -0.352 e. The zero-order valence-corrected chi connectivity index (χ0v) is 16.1. The van der Waals surface area contributed by atoms with Crippen LogP contribution in [0.2, 0.25) is 0 Å². The monoisotopic (exact) mass is 386 g/mol. The molecule has 0 radical (unpaired) electrons. The van der Waals surface area contributed by atoms with Crippen LogP contribution in [0.15, 0.2) is 57.8 Å². The molecule has 27 heavy (non-hydrogen) atoms. The van der Waals surface area contributed by atoms with E-state index in [1.807, 2.05) is 14.1 Å². The van der Waals surface area contributed by atoms with E-state index >= 15 is 0 Å². The Morgan fingerprint density at radius 2 is 1.78 bits per heavy atom. The van der Waals surface area contributed by atoms with Gasteiger partial charge in [0.1, 0.15) is 4.90 Å². The molecule has 0 bridgehead atoms. The third kappa shape index (κ3) is 4.53. The number of hydrogen-bond acceptors (Lipinski definition) is 5. The highest BCUT2D eigenvalue weighted by Crippen LogP contribution is 2.26. The van der Waals surface area contributed by atoms with Crippen LogP contribution >= 0.6 is 0 Å². The van der Waals surface area contributed by atoms with Crippen molar-refractivity contribution in [2.75, 3.05) is 32.5 Å². The van der Waals surface area contributed by atoms with Crippen molar-refractivity contribution in [2.24, 2.45) is 4.40 Å². The Bertz CT molecular complexity index is 967. The van der Waals surface area contributed by atoms with Crippen LogP contribution in [-0.2, 0) is 10.0 Å². The van der Waals surface area contributed by atoms with Gasteiger partial charge in [0.25, 0.3) is 15.9 Å². The Morgan fingerprint density at radius 3 is 2.48 bits per heavy atom. The lowest BCUT2D eigenvalue weighted by molar-refractivity contribution is 0.0952. The highest BCUT2D eigenvalue weighted by atomic mass is 32.2. The second-order valence-corrected chi connectivity index (χ2v) is 8.10. The number of fused-ring (bicyclic) bond motifs is 1. The topological polar surface area (TPSA) is 90.9 Å². The molecule has 1 aliphatic heterocycles. The maximum absolute atomic E-state index is 12.1. The number of nitrogens with one attached hydrogen (secondary N) is 2. The lowest BCUT2D eigenvalue weighted by atomic mass is 10.1. The van der Waals surface area contributed by atoms with Crippen LogP contribution in [0.3, 0.4) is 0 Å². The maximum Gasteiger partial charge on any atom is 0.285 e. The number of anilines is 1. The van der Waals surface area contributed by atoms with Crippen LogP contribution in [-0.4, -0.2) is 52.2 Å². The van der Waals surface area contributed by atoms with Crippen molar-refractivity contribution < 1.29 is 13.2 Å². The van der Waals surface area contributed by atoms with E-state index in [0.29, 0.717) is 23.4 Å². The molecule has 1 amide bonds. The molecule has 1 aliphatic rings. The summed E-state index contributed by atoms with van der Waals surface area (Å²) in [7, 11) is 0.326. The Balaban J connectivity index is 1.64. The van der Waals surface area contributed by atoms with Crippen LogP contribution in [0.25, 0.3) is 0 Å². The van der Waals surface area contributed by atoms with Crippen molar-refractivity contribution in [3.8, 4) is 0 Å². The SMILES string of the molecule is CN(C)CCCNC(=O)c1ccc(NC2=NS(=O)(=O)c3ccccc32)cc1. The molecular formula is C19H22N4O3S. The van der Waals surface area contributed by atoms with Gasteiger partial charge in [-0.1, -0.05) is 12.1 Å². The molecule has 0 unspecified atom stereocenters. The largest absolute Gasteiger partial charge is 0.352 e. The lowest BCUT2D eigenvalue weighted by Crippen LogP contribution is -2.27. The molecule has 8 heteroatoms. The highest BCUT2D eigenvalue weighted by molar-refractivity contribution is 7.90. The summed E-state index contributed by atoms with van der Waals surface area (Å²) in [5.41, 5.74) is 1.75. The van der Waals surface area contributed by atoms with Gasteiger partial charge in [0.05, 0.1) is 0 Å². The van der Waals surface area contributed by atoms with Crippen molar-refractivity contribution in [1.29, 1.82) is 0 Å². The van der Waals surface area contributed by atoms with Crippen LogP contribution < -0.4 is 10.6 Å². The van der Waals surface area contributed by atoms with Crippen molar-refractivity contribution in [3.05, 3.63) is 59.7 Å². The fourth-order valence-electron chi connectivity index (χ4n) is 2.74. The number of hydrogen-bond donors (Lipinski definition) is 2. The van der Waals surface area contributed by atoms with Gasteiger partial charge in [0, 0.05) is 23.4 Å². The van der Waals surface area contributed by atoms with Crippen molar-refractivity contribution in [2.45, 2.75) is 11.3 Å². The van der Waals surface area contributed by atoms with Gasteiger partial charge in [-0.2, -0.15) is 8.42 Å². The van der Waals surface area contributed by atoms with Gasteiger partial charge < -0.3 is 15.5 Å². The average Bonchev–Trinajstić information content (AvgIpc) is 2.90. The van der Waals surface area contributed by atoms with Crippen LogP contribution in [0.1, 0.15) is 22.3 Å². The third-order valence-electron chi connectivity index (χ3n) is 4.11. The first-order valence-corrected chi connectivity index (χ1v) is 10.1. The number of carbonyl (C=O) groups excluding carboxylic acids is 1. The Labute approximate surface area is 159 Å². The number of amides is 1. The molecule has 0 fully saturated rings. The van der Waals surface area contributed by atoms with Gasteiger partial charge in [-0.05, 0) is 63.5 Å². The molecule has 7 nitrogen and oxygen atoms in total. The molecule has 0 atom stereocenters. The van der Waals surface area contributed by atoms with E-state index in [9.17, 15) is 13.2 Å². The summed E-state index contributed by atoms with van der Waals surface area (Å²) in [6, 6.07) is 13.5. The molecule has 0 saturated heterocycles. The van der Waals surface area contributed by atoms with Gasteiger partial charge in [-0.15, -0.1) is 4.40 Å². The van der Waals surface area contributed by atoms with Gasteiger partial charge in [-0.3, -0.25) is 4.79 Å². The first-order chi connectivity index (χ1) is 12.9. The van der Waals surface area contributed by atoms with E-state index < -0.39 is 10.0 Å². The number of rotatable bonds is 6. The maximum atomic E-state index is 12.1. The Morgan fingerprint density at radius 1 is 1.07 bits per heavy atom. The normalized spacial score (nSPS) is 14.6. The van der Waals surface area contributed by atoms with Crippen molar-refractivity contribution in [3.63, 3.8) is 0 Å². The van der Waals surface area contributed by atoms with Gasteiger partial charge in [0.15, 0.2) is 5.84 Å². The summed E-state index contributed by atoms with van der Waals surface area (Å²) in [5, 5.41) is 5.90. The van der Waals surface area contributed by atoms with E-state index in [2.05, 4.69) is 19.9 Å². The summed E-state index contributed by atoms with van der Waals surface area (Å²) in [4.78, 5) is 14.4. The van der Waals surface area contributed by atoms with E-state index in [1.54, 1.807) is 42.5 Å². The summed E-state index contributed by atoms with van der Waals surface area (Å²) in [6.45, 7) is 1.53. The molecule has 2 aromatic carbocycles. The van der Waals surface area contributed by atoms with E-state index in [-0.39, 0.29) is 16.6 Å². The standard InChI is InChI=1S/C19H22N4O3S/c1-23(2)13-5-12-20-19(24)14-8-10-15(11-9-14)21-18-16-6-3-4-7-17(16)27(25,26)22-18/h3-4,6-11H,5,12-13H2,1-2H3,(H,20,24)(H,21,22). The predicted molar refractivity (Wildman–Crippen MR) is 106 cm³/mol. The fraction of sp³-hybridized carbons (Fsp3) is 0.263. The molecule has 3 rings (SSSR count). The number of benzene rings is 2. The predicted octanol–water partition coefficient (Wildman–Crippen LogP) is 1.93. The number of nitrogens with zero attached hydrogens (tertiary/aromatic N) is 2. The zero-order valence-electron chi connectivity index (χ0n) is 15.3. The zero-order chi connectivity index (χ0) is 19.4. The number of sulfonamides is 1. The molecule has 2 N–H and O–H groups in total. The molecule has 0 aliphatic carbocycles. The van der Waals surface area contributed by atoms with Crippen LogP contribution in [0.5, 0.6) is 0 Å². The Kier molecular flexibility index (Phi) is 5.57. The second-order valence-electron chi connectivity index (χ2n) is 6.53. The first kappa shape index (κ1) is 19.1. The molecule has 0 aromatic heterocycles. The van der Waals surface area contributed by atoms with E-state index in [4.69, 9.17) is 0 Å². The van der Waals surface area contributed by atoms with E-state index in [1.165, 1.54) is 6.07 Å². The molecule has 1 heterocycles. The van der Waals surface area contributed by atoms with E-state index in [0.717, 1.165) is 13.0 Å². The summed E-state index contributed by atoms with van der Waals surface area (Å²) in [5.74, 6) is 0.151. The van der Waals surface area contributed by atoms with Crippen LogP contribution in [0, 0.1) is 0 Å². The first-order valence-electron chi connectivity index (χ1n) is 8.61. The van der Waals surface area contributed by atoms with Gasteiger partial charge in [0.2, 0.25) is 0 Å². The molecule has 142 valence electrons. The molecule has 2 aromatic rings. The highest BCUT2D eigenvalue weighted by Gasteiger charge is 2.28. The van der Waals surface area contributed by atoms with Crippen molar-refractivity contribution in [1.82, 2.24) is 10.2 Å². The van der Waals surface area contributed by atoms with Gasteiger partial charge >= 0.3 is 0 Å². The summed E-state index contributed by atoms with van der Waals surface area (Å²) >= 11 is 0. The fourth-order valence-corrected chi connectivity index (χ4v) is 3.91. The molecular weight excluding hydrogens is 364 g/mol. The molecule has 0 spiro atoms. The number of amidine groups is 1. The molecule has 0 saturated carbocycles. The van der Waals surface area contributed by atoms with Crippen LogP contribution in [0.4, 0.5) is 5.69 Å². The summed E-state index contributed by atoms with van der Waals surface area (Å²) in [6.07, 6.45) is 0.881. The smallest absolute Gasteiger partial charge is 0.285 e. The van der Waals surface area contributed by atoms with Crippen molar-refractivity contribution >= 4 is 27.5 Å². The lowest BCUT2D eigenvalue weighted by Gasteiger charge is -2.10. The quantitative estimate of drug-likeness (QED) is 0.741.